The zero-order valence-corrected chi connectivity index (χ0v) is 19.8. The molecule has 1 aliphatic rings. The molecule has 0 saturated carbocycles. The van der Waals surface area contributed by atoms with E-state index >= 15 is 0 Å². The predicted octanol–water partition coefficient (Wildman–Crippen LogP) is 4.16. The summed E-state index contributed by atoms with van der Waals surface area (Å²) >= 11 is 0. The van der Waals surface area contributed by atoms with Crippen LogP contribution >= 0.6 is 0 Å². The Hall–Kier alpha value is -3.48. The largest absolute Gasteiger partial charge is 0.343 e. The average molecular weight is 463 g/mol. The van der Waals surface area contributed by atoms with E-state index in [1.807, 2.05) is 49.4 Å². The van der Waals surface area contributed by atoms with Crippen LogP contribution in [0.4, 0.5) is 4.39 Å². The van der Waals surface area contributed by atoms with Crippen molar-refractivity contribution in [3.63, 3.8) is 0 Å². The molecule has 0 radical (unpaired) electrons. The van der Waals surface area contributed by atoms with Crippen molar-refractivity contribution in [3.05, 3.63) is 89.2 Å². The number of alkyl halides is 1. The molecule has 4 rings (SSSR count). The Balaban J connectivity index is 1.55. The van der Waals surface area contributed by atoms with Crippen molar-refractivity contribution in [3.8, 4) is 0 Å². The first-order valence-corrected chi connectivity index (χ1v) is 11.7. The molecule has 2 aromatic carbocycles. The Morgan fingerprint density at radius 3 is 2.32 bits per heavy atom. The minimum atomic E-state index is -1.24. The van der Waals surface area contributed by atoms with Crippen LogP contribution in [0.25, 0.3) is 0 Å². The van der Waals surface area contributed by atoms with Crippen LogP contribution in [0.1, 0.15) is 54.5 Å². The Bertz CT molecular complexity index is 1130. The molecule has 3 unspecified atom stereocenters. The Kier molecular flexibility index (Phi) is 7.10. The highest BCUT2D eigenvalue weighted by Crippen LogP contribution is 2.27. The lowest BCUT2D eigenvalue weighted by Gasteiger charge is -2.27. The van der Waals surface area contributed by atoms with Gasteiger partial charge in [0.05, 0.1) is 18.8 Å². The normalized spacial score (nSPS) is 18.8. The fourth-order valence-electron chi connectivity index (χ4n) is 4.41. The van der Waals surface area contributed by atoms with Gasteiger partial charge in [0.1, 0.15) is 18.8 Å². The number of aromatic nitrogens is 2. The molecule has 34 heavy (non-hydrogen) atoms. The summed E-state index contributed by atoms with van der Waals surface area (Å²) in [6.07, 6.45) is 2.17. The second-order valence-electron chi connectivity index (χ2n) is 9.28. The number of nitrogens with zero attached hydrogens (tertiary/aromatic N) is 3. The molecule has 1 aromatic heterocycles. The van der Waals surface area contributed by atoms with Crippen molar-refractivity contribution in [1.29, 1.82) is 0 Å². The van der Waals surface area contributed by atoms with Crippen LogP contribution in [-0.4, -0.2) is 45.3 Å². The van der Waals surface area contributed by atoms with Gasteiger partial charge >= 0.3 is 0 Å². The van der Waals surface area contributed by atoms with Crippen molar-refractivity contribution in [2.24, 2.45) is 0 Å². The standard InChI is InChI=1S/C27H31FN4O2/c1-18(2)20-9-11-22(12-10-20)26(21-7-5-4-6-8-21)30-27(34)24-13-23(28)16-32(24)25(33)17-31-15-19(3)14-29-31/h4-12,14-15,18,23-24,26H,13,16-17H2,1-3H3,(H,30,34). The first-order valence-electron chi connectivity index (χ1n) is 11.7. The summed E-state index contributed by atoms with van der Waals surface area (Å²) in [5.41, 5.74) is 4.00. The molecule has 1 fully saturated rings. The van der Waals surface area contributed by atoms with Gasteiger partial charge < -0.3 is 10.2 Å². The second kappa shape index (κ2) is 10.2. The lowest BCUT2D eigenvalue weighted by atomic mass is 9.95. The maximum atomic E-state index is 14.4. The van der Waals surface area contributed by atoms with E-state index in [0.29, 0.717) is 5.92 Å². The molecular weight excluding hydrogens is 431 g/mol. The van der Waals surface area contributed by atoms with Crippen molar-refractivity contribution >= 4 is 11.8 Å². The zero-order chi connectivity index (χ0) is 24.2. The molecule has 6 nitrogen and oxygen atoms in total. The maximum absolute atomic E-state index is 14.4. The third-order valence-corrected chi connectivity index (χ3v) is 6.29. The number of likely N-dealkylation sites (tertiary alicyclic amines) is 1. The van der Waals surface area contributed by atoms with E-state index in [2.05, 4.69) is 36.4 Å². The van der Waals surface area contributed by atoms with Crippen LogP contribution in [0.5, 0.6) is 0 Å². The molecule has 7 heteroatoms. The van der Waals surface area contributed by atoms with Crippen molar-refractivity contribution in [2.45, 2.75) is 57.9 Å². The number of nitrogens with one attached hydrogen (secondary N) is 1. The van der Waals surface area contributed by atoms with Gasteiger partial charge in [-0.15, -0.1) is 0 Å². The van der Waals surface area contributed by atoms with Crippen molar-refractivity contribution in [1.82, 2.24) is 20.0 Å². The van der Waals surface area contributed by atoms with Gasteiger partial charge in [0, 0.05) is 12.6 Å². The number of hydrogen-bond donors (Lipinski definition) is 1. The van der Waals surface area contributed by atoms with Gasteiger partial charge in [0.2, 0.25) is 11.8 Å². The van der Waals surface area contributed by atoms with Crippen molar-refractivity contribution < 1.29 is 14.0 Å². The number of aryl methyl sites for hydroxylation is 1. The molecule has 1 N–H and O–H groups in total. The number of amides is 2. The minimum absolute atomic E-state index is 0.0104. The van der Waals surface area contributed by atoms with Gasteiger partial charge in [-0.2, -0.15) is 5.10 Å². The molecule has 3 aromatic rings. The summed E-state index contributed by atoms with van der Waals surface area (Å²) in [5.74, 6) is -0.273. The molecule has 1 aliphatic heterocycles. The number of carbonyl (C=O) groups is 2. The number of halogens is 1. The smallest absolute Gasteiger partial charge is 0.245 e. The number of benzene rings is 2. The van der Waals surface area contributed by atoms with Gasteiger partial charge in [-0.3, -0.25) is 14.3 Å². The van der Waals surface area contributed by atoms with Crippen molar-refractivity contribution in [2.75, 3.05) is 6.54 Å². The molecule has 178 valence electrons. The molecule has 0 bridgehead atoms. The summed E-state index contributed by atoms with van der Waals surface area (Å²) in [6.45, 7) is 6.04. The van der Waals surface area contributed by atoms with Gasteiger partial charge in [0.25, 0.3) is 0 Å². The summed E-state index contributed by atoms with van der Waals surface area (Å²) in [4.78, 5) is 27.7. The fourth-order valence-corrected chi connectivity index (χ4v) is 4.41. The van der Waals surface area contributed by atoms with E-state index in [1.165, 1.54) is 15.1 Å². The third kappa shape index (κ3) is 5.35. The molecule has 1 saturated heterocycles. The fraction of sp³-hybridized carbons (Fsp3) is 0.370. The summed E-state index contributed by atoms with van der Waals surface area (Å²) < 4.78 is 15.9. The first-order chi connectivity index (χ1) is 16.3. The number of rotatable bonds is 7. The van der Waals surface area contributed by atoms with Gasteiger partial charge in [0.15, 0.2) is 0 Å². The monoisotopic (exact) mass is 462 g/mol. The van der Waals surface area contributed by atoms with Gasteiger partial charge in [-0.25, -0.2) is 4.39 Å². The van der Waals surface area contributed by atoms with Gasteiger partial charge in [-0.05, 0) is 35.1 Å². The van der Waals surface area contributed by atoms with Crippen LogP contribution in [0.2, 0.25) is 0 Å². The topological polar surface area (TPSA) is 67.2 Å². The van der Waals surface area contributed by atoms with E-state index in [0.717, 1.165) is 16.7 Å². The molecule has 0 aliphatic carbocycles. The van der Waals surface area contributed by atoms with E-state index in [-0.39, 0.29) is 31.3 Å². The second-order valence-corrected chi connectivity index (χ2v) is 9.28. The average Bonchev–Trinajstić information content (AvgIpc) is 3.43. The Morgan fingerprint density at radius 2 is 1.71 bits per heavy atom. The molecule has 3 atom stereocenters. The lowest BCUT2D eigenvalue weighted by Crippen LogP contribution is -2.48. The SMILES string of the molecule is Cc1cnn(CC(=O)N2CC(F)CC2C(=O)NC(c2ccccc2)c2ccc(C(C)C)cc2)c1. The van der Waals surface area contributed by atoms with Crippen LogP contribution in [0, 0.1) is 6.92 Å². The van der Waals surface area contributed by atoms with E-state index < -0.39 is 18.3 Å². The minimum Gasteiger partial charge on any atom is -0.343 e. The lowest BCUT2D eigenvalue weighted by molar-refractivity contribution is -0.139. The van der Waals surface area contributed by atoms with Crippen LogP contribution in [0.3, 0.4) is 0 Å². The summed E-state index contributed by atoms with van der Waals surface area (Å²) in [5, 5.41) is 7.23. The maximum Gasteiger partial charge on any atom is 0.245 e. The highest BCUT2D eigenvalue weighted by Gasteiger charge is 2.40. The van der Waals surface area contributed by atoms with Crippen LogP contribution in [0.15, 0.2) is 67.0 Å². The van der Waals surface area contributed by atoms with Crippen LogP contribution in [-0.2, 0) is 16.1 Å². The first kappa shape index (κ1) is 23.7. The van der Waals surface area contributed by atoms with E-state index in [4.69, 9.17) is 0 Å². The van der Waals surface area contributed by atoms with E-state index in [1.54, 1.807) is 12.4 Å². The molecule has 0 spiro atoms. The zero-order valence-electron chi connectivity index (χ0n) is 19.8. The Labute approximate surface area is 199 Å². The predicted molar refractivity (Wildman–Crippen MR) is 129 cm³/mol. The molecule has 2 heterocycles. The van der Waals surface area contributed by atoms with E-state index in [9.17, 15) is 14.0 Å². The highest BCUT2D eigenvalue weighted by atomic mass is 19.1. The summed E-state index contributed by atoms with van der Waals surface area (Å²) in [7, 11) is 0. The quantitative estimate of drug-likeness (QED) is 0.573. The van der Waals surface area contributed by atoms with Crippen LogP contribution < -0.4 is 5.32 Å². The number of carbonyl (C=O) groups excluding carboxylic acids is 2. The number of hydrogen-bond acceptors (Lipinski definition) is 3. The Morgan fingerprint density at radius 1 is 1.06 bits per heavy atom. The summed E-state index contributed by atoms with van der Waals surface area (Å²) in [6, 6.07) is 16.6. The third-order valence-electron chi connectivity index (χ3n) is 6.29. The highest BCUT2D eigenvalue weighted by molar-refractivity contribution is 5.88. The molecule has 2 amide bonds. The van der Waals surface area contributed by atoms with Gasteiger partial charge in [-0.1, -0.05) is 68.4 Å². The molecular formula is C27H31FN4O2.